The molecule has 2 aromatic heterocycles. The van der Waals surface area contributed by atoms with Gasteiger partial charge in [0, 0.05) is 69.7 Å². The van der Waals surface area contributed by atoms with E-state index < -0.39 is 0 Å². The molecule has 1 N–H and O–H groups in total. The quantitative estimate of drug-likeness (QED) is 0.564. The maximum atomic E-state index is 12.9. The number of nitrogens with zero attached hydrogens (tertiary/aromatic N) is 7. The minimum Gasteiger partial charge on any atom is -0.355 e. The van der Waals surface area contributed by atoms with E-state index in [0.717, 1.165) is 49.5 Å². The zero-order valence-electron chi connectivity index (χ0n) is 20.2. The average molecular weight is 487 g/mol. The number of aromatic nitrogens is 4. The number of rotatable bonds is 6. The van der Waals surface area contributed by atoms with Crippen LogP contribution in [0.4, 0.5) is 17.5 Å². The molecule has 1 atom stereocenters. The third kappa shape index (κ3) is 5.76. The number of piperazine rings is 1. The summed E-state index contributed by atoms with van der Waals surface area (Å²) in [5.41, 5.74) is 1.67. The summed E-state index contributed by atoms with van der Waals surface area (Å²) in [5, 5.41) is 3.03. The van der Waals surface area contributed by atoms with Crippen LogP contribution < -0.4 is 15.1 Å². The molecule has 5 rings (SSSR count). The van der Waals surface area contributed by atoms with Gasteiger partial charge in [0.25, 0.3) is 0 Å². The van der Waals surface area contributed by atoms with Crippen molar-refractivity contribution in [3.05, 3.63) is 66.9 Å². The van der Waals surface area contributed by atoms with Gasteiger partial charge in [0.1, 0.15) is 5.82 Å². The Morgan fingerprint density at radius 1 is 0.889 bits per heavy atom. The summed E-state index contributed by atoms with van der Waals surface area (Å²) >= 11 is 0. The van der Waals surface area contributed by atoms with Gasteiger partial charge in [-0.1, -0.05) is 12.1 Å². The van der Waals surface area contributed by atoms with Crippen LogP contribution in [0.15, 0.2) is 61.3 Å². The maximum Gasteiger partial charge on any atom is 0.229 e. The summed E-state index contributed by atoms with van der Waals surface area (Å²) in [5.74, 6) is 1.51. The molecule has 4 heterocycles. The Kier molecular flexibility index (Phi) is 7.30. The van der Waals surface area contributed by atoms with Crippen LogP contribution in [-0.2, 0) is 16.0 Å². The Balaban J connectivity index is 1.10. The van der Waals surface area contributed by atoms with Crippen LogP contribution in [0.3, 0.4) is 0 Å². The second-order valence-corrected chi connectivity index (χ2v) is 9.13. The molecule has 36 heavy (non-hydrogen) atoms. The molecular weight excluding hydrogens is 456 g/mol. The molecule has 1 unspecified atom stereocenters. The van der Waals surface area contributed by atoms with Gasteiger partial charge in [-0.05, 0) is 36.6 Å². The van der Waals surface area contributed by atoms with Crippen molar-refractivity contribution in [3.63, 3.8) is 0 Å². The fourth-order valence-electron chi connectivity index (χ4n) is 4.70. The number of piperidine rings is 1. The molecule has 10 nitrogen and oxygen atoms in total. The van der Waals surface area contributed by atoms with Crippen LogP contribution in [0.25, 0.3) is 0 Å². The van der Waals surface area contributed by atoms with Crippen LogP contribution in [-0.4, -0.2) is 75.9 Å². The lowest BCUT2D eigenvalue weighted by Gasteiger charge is -2.34. The topological polar surface area (TPSA) is 107 Å². The molecule has 2 amide bonds. The van der Waals surface area contributed by atoms with Crippen LogP contribution in [0, 0.1) is 5.92 Å². The smallest absolute Gasteiger partial charge is 0.229 e. The van der Waals surface area contributed by atoms with Gasteiger partial charge in [0.05, 0.1) is 18.5 Å². The van der Waals surface area contributed by atoms with Gasteiger partial charge in [-0.15, -0.1) is 0 Å². The lowest BCUT2D eigenvalue weighted by atomic mass is 9.97. The van der Waals surface area contributed by atoms with Crippen LogP contribution in [0.5, 0.6) is 0 Å². The molecule has 186 valence electrons. The van der Waals surface area contributed by atoms with Crippen molar-refractivity contribution in [2.24, 2.45) is 5.92 Å². The van der Waals surface area contributed by atoms with Crippen molar-refractivity contribution < 1.29 is 9.59 Å². The summed E-state index contributed by atoms with van der Waals surface area (Å²) in [7, 11) is 0. The van der Waals surface area contributed by atoms with Gasteiger partial charge in [-0.3, -0.25) is 14.6 Å². The molecule has 2 aliphatic rings. The first-order chi connectivity index (χ1) is 17.7. The number of hydrogen-bond donors (Lipinski definition) is 1. The predicted octanol–water partition coefficient (Wildman–Crippen LogP) is 2.01. The van der Waals surface area contributed by atoms with Gasteiger partial charge >= 0.3 is 0 Å². The van der Waals surface area contributed by atoms with Crippen LogP contribution >= 0.6 is 0 Å². The second kappa shape index (κ2) is 11.1. The van der Waals surface area contributed by atoms with Gasteiger partial charge in [-0.25, -0.2) is 15.0 Å². The molecule has 2 fully saturated rings. The van der Waals surface area contributed by atoms with E-state index in [4.69, 9.17) is 0 Å². The van der Waals surface area contributed by atoms with E-state index in [9.17, 15) is 9.59 Å². The molecule has 0 aliphatic carbocycles. The van der Waals surface area contributed by atoms with Crippen molar-refractivity contribution in [2.45, 2.75) is 19.3 Å². The van der Waals surface area contributed by atoms with Gasteiger partial charge in [0.2, 0.25) is 17.8 Å². The fourth-order valence-corrected chi connectivity index (χ4v) is 4.70. The summed E-state index contributed by atoms with van der Waals surface area (Å²) in [6.07, 6.45) is 10.6. The average Bonchev–Trinajstić information content (AvgIpc) is 2.95. The summed E-state index contributed by atoms with van der Waals surface area (Å²) in [6.45, 7) is 4.24. The molecule has 0 saturated carbocycles. The Labute approximate surface area is 210 Å². The fraction of sp³-hybridized carbons (Fsp3) is 0.385. The monoisotopic (exact) mass is 486 g/mol. The Morgan fingerprint density at radius 2 is 1.67 bits per heavy atom. The van der Waals surface area contributed by atoms with Gasteiger partial charge < -0.3 is 20.0 Å². The van der Waals surface area contributed by atoms with Gasteiger partial charge in [0.15, 0.2) is 0 Å². The number of anilines is 3. The van der Waals surface area contributed by atoms with Crippen molar-refractivity contribution in [1.82, 2.24) is 24.8 Å². The maximum absolute atomic E-state index is 12.9. The first-order valence-electron chi connectivity index (χ1n) is 12.4. The first-order valence-corrected chi connectivity index (χ1v) is 12.4. The molecule has 0 bridgehead atoms. The van der Waals surface area contributed by atoms with Crippen LogP contribution in [0.2, 0.25) is 0 Å². The van der Waals surface area contributed by atoms with E-state index in [1.165, 1.54) is 0 Å². The molecular formula is C26H30N8O2. The van der Waals surface area contributed by atoms with E-state index in [1.807, 2.05) is 29.2 Å². The predicted molar refractivity (Wildman–Crippen MR) is 137 cm³/mol. The zero-order chi connectivity index (χ0) is 24.7. The minimum atomic E-state index is -0.109. The molecule has 3 aromatic rings. The Hall–Kier alpha value is -4.08. The van der Waals surface area contributed by atoms with Crippen molar-refractivity contribution >= 4 is 29.3 Å². The van der Waals surface area contributed by atoms with Gasteiger partial charge in [-0.2, -0.15) is 0 Å². The van der Waals surface area contributed by atoms with E-state index >= 15 is 0 Å². The molecule has 0 radical (unpaired) electrons. The lowest BCUT2D eigenvalue weighted by Crippen LogP contribution is -2.49. The number of nitrogens with one attached hydrogen (secondary N) is 1. The number of hydrogen-bond acceptors (Lipinski definition) is 8. The third-order valence-corrected chi connectivity index (χ3v) is 6.71. The Bertz CT molecular complexity index is 1150. The van der Waals surface area contributed by atoms with Crippen molar-refractivity contribution in [1.29, 1.82) is 0 Å². The first kappa shape index (κ1) is 23.7. The summed E-state index contributed by atoms with van der Waals surface area (Å²) < 4.78 is 0. The standard InChI is InChI=1S/C26H30N8O2/c35-24(32-13-15-33(16-14-32)26-29-8-2-9-30-26)17-20-4-6-22(7-5-20)31-25(36)21-3-1-12-34(19-21)23-18-27-10-11-28-23/h2,4-11,18,21H,1,3,12-17,19H2,(H,31,36). The zero-order valence-corrected chi connectivity index (χ0v) is 20.2. The Morgan fingerprint density at radius 3 is 2.39 bits per heavy atom. The van der Waals surface area contributed by atoms with Crippen molar-refractivity contribution in [3.8, 4) is 0 Å². The summed E-state index contributed by atoms with van der Waals surface area (Å²) in [4.78, 5) is 48.9. The highest BCUT2D eigenvalue weighted by molar-refractivity contribution is 5.93. The van der Waals surface area contributed by atoms with E-state index in [-0.39, 0.29) is 17.7 Å². The SMILES string of the molecule is O=C(Nc1ccc(CC(=O)N2CCN(c3ncccn3)CC2)cc1)C1CCCN(c2cnccn2)C1. The van der Waals surface area contributed by atoms with E-state index in [0.29, 0.717) is 32.0 Å². The number of amides is 2. The summed E-state index contributed by atoms with van der Waals surface area (Å²) in [6, 6.07) is 9.36. The molecule has 1 aromatic carbocycles. The minimum absolute atomic E-state index is 0.00711. The van der Waals surface area contributed by atoms with E-state index in [2.05, 4.69) is 35.1 Å². The number of carbonyl (C=O) groups is 2. The van der Waals surface area contributed by atoms with E-state index in [1.54, 1.807) is 37.1 Å². The van der Waals surface area contributed by atoms with Crippen LogP contribution in [0.1, 0.15) is 18.4 Å². The molecule has 0 spiro atoms. The number of benzene rings is 1. The normalized spacial score (nSPS) is 18.1. The molecule has 2 aliphatic heterocycles. The highest BCUT2D eigenvalue weighted by atomic mass is 16.2. The highest BCUT2D eigenvalue weighted by Crippen LogP contribution is 2.22. The second-order valence-electron chi connectivity index (χ2n) is 9.13. The highest BCUT2D eigenvalue weighted by Gasteiger charge is 2.27. The lowest BCUT2D eigenvalue weighted by molar-refractivity contribution is -0.130. The largest absolute Gasteiger partial charge is 0.355 e. The number of carbonyl (C=O) groups excluding carboxylic acids is 2. The third-order valence-electron chi connectivity index (χ3n) is 6.71. The molecule has 10 heteroatoms. The van der Waals surface area contributed by atoms with Crippen molar-refractivity contribution in [2.75, 3.05) is 54.4 Å². The molecule has 2 saturated heterocycles.